The van der Waals surface area contributed by atoms with Gasteiger partial charge >= 0.3 is 0 Å². The molecular weight excluding hydrogens is 422 g/mol. The van der Waals surface area contributed by atoms with Crippen LogP contribution in [0.5, 0.6) is 5.88 Å². The fourth-order valence-electron chi connectivity index (χ4n) is 3.66. The van der Waals surface area contributed by atoms with Gasteiger partial charge < -0.3 is 20.4 Å². The van der Waals surface area contributed by atoms with Gasteiger partial charge in [0.25, 0.3) is 5.88 Å². The lowest BCUT2D eigenvalue weighted by molar-refractivity contribution is 0.393. The molecule has 5 rings (SSSR count). The van der Waals surface area contributed by atoms with Gasteiger partial charge in [-0.2, -0.15) is 5.10 Å². The molecule has 0 saturated carbocycles. The highest BCUT2D eigenvalue weighted by Crippen LogP contribution is 2.33. The van der Waals surface area contributed by atoms with E-state index in [0.717, 1.165) is 39.2 Å². The van der Waals surface area contributed by atoms with Gasteiger partial charge in [0.2, 0.25) is 5.95 Å². The minimum atomic E-state index is 0.426. The van der Waals surface area contributed by atoms with Crippen LogP contribution in [0.25, 0.3) is 22.3 Å². The molecule has 0 bridgehead atoms. The lowest BCUT2D eigenvalue weighted by Crippen LogP contribution is -2.01. The number of aryl methyl sites for hydroxylation is 4. The van der Waals surface area contributed by atoms with Crippen molar-refractivity contribution in [2.75, 3.05) is 17.7 Å². The van der Waals surface area contributed by atoms with Crippen LogP contribution in [0.4, 0.5) is 23.1 Å². The number of aromatic nitrogens is 9. The molecule has 3 N–H and O–H groups in total. The summed E-state index contributed by atoms with van der Waals surface area (Å²) in [6.45, 7) is 3.90. The van der Waals surface area contributed by atoms with Crippen LogP contribution < -0.4 is 15.4 Å². The maximum Gasteiger partial charge on any atom is 0.256 e. The summed E-state index contributed by atoms with van der Waals surface area (Å²) in [4.78, 5) is 21.4. The summed E-state index contributed by atoms with van der Waals surface area (Å²) in [5.41, 5.74) is 6.47. The molecule has 5 aromatic rings. The van der Waals surface area contributed by atoms with E-state index in [4.69, 9.17) is 9.72 Å². The first-order valence-electron chi connectivity index (χ1n) is 10.2. The third-order valence-corrected chi connectivity index (χ3v) is 5.19. The van der Waals surface area contributed by atoms with Gasteiger partial charge in [-0.25, -0.2) is 19.9 Å². The van der Waals surface area contributed by atoms with Crippen LogP contribution in [0.15, 0.2) is 31.1 Å². The summed E-state index contributed by atoms with van der Waals surface area (Å²) in [6, 6.07) is 0. The fraction of sp³-hybridized carbons (Fsp3) is 0.238. The molecule has 0 fully saturated rings. The number of anilines is 4. The first-order chi connectivity index (χ1) is 15.9. The van der Waals surface area contributed by atoms with E-state index >= 15 is 0 Å². The van der Waals surface area contributed by atoms with E-state index in [-0.39, 0.29) is 0 Å². The topological polar surface area (TPSA) is 136 Å². The number of nitrogens with one attached hydrogen (secondary N) is 3. The molecule has 0 aliphatic carbocycles. The van der Waals surface area contributed by atoms with E-state index in [1.807, 2.05) is 40.3 Å². The number of fused-ring (bicyclic) bond motifs is 1. The maximum atomic E-state index is 5.31. The highest BCUT2D eigenvalue weighted by molar-refractivity contribution is 5.98. The molecule has 5 aromatic heterocycles. The third kappa shape index (κ3) is 3.71. The van der Waals surface area contributed by atoms with Crippen molar-refractivity contribution in [1.29, 1.82) is 0 Å². The molecule has 33 heavy (non-hydrogen) atoms. The molecule has 12 heteroatoms. The van der Waals surface area contributed by atoms with E-state index in [9.17, 15) is 0 Å². The molecular formula is C21H23N11O. The van der Waals surface area contributed by atoms with Crippen molar-refractivity contribution in [2.45, 2.75) is 13.8 Å². The predicted octanol–water partition coefficient (Wildman–Crippen LogP) is 2.99. The van der Waals surface area contributed by atoms with Gasteiger partial charge in [0.1, 0.15) is 23.0 Å². The number of hydrogen-bond donors (Lipinski definition) is 3. The Morgan fingerprint density at radius 3 is 2.52 bits per heavy atom. The number of nitrogens with zero attached hydrogens (tertiary/aromatic N) is 8. The van der Waals surface area contributed by atoms with Crippen molar-refractivity contribution >= 4 is 34.2 Å². The number of H-pyrrole nitrogens is 1. The summed E-state index contributed by atoms with van der Waals surface area (Å²) in [6.07, 6.45) is 8.89. The largest absolute Gasteiger partial charge is 0.478 e. The lowest BCUT2D eigenvalue weighted by atomic mass is 10.1. The monoisotopic (exact) mass is 445 g/mol. The van der Waals surface area contributed by atoms with E-state index in [2.05, 4.69) is 40.8 Å². The summed E-state index contributed by atoms with van der Waals surface area (Å²) < 4.78 is 8.72. The number of rotatable bonds is 6. The molecule has 0 aliphatic heterocycles. The number of ether oxygens (including phenoxy) is 1. The Morgan fingerprint density at radius 2 is 1.76 bits per heavy atom. The average molecular weight is 445 g/mol. The Kier molecular flexibility index (Phi) is 4.89. The summed E-state index contributed by atoms with van der Waals surface area (Å²) in [7, 11) is 5.27. The smallest absolute Gasteiger partial charge is 0.256 e. The quantitative estimate of drug-likeness (QED) is 0.360. The van der Waals surface area contributed by atoms with E-state index in [0.29, 0.717) is 23.3 Å². The Morgan fingerprint density at radius 1 is 0.970 bits per heavy atom. The number of hydrogen-bond acceptors (Lipinski definition) is 9. The van der Waals surface area contributed by atoms with Crippen molar-refractivity contribution < 1.29 is 4.74 Å². The second-order valence-corrected chi connectivity index (χ2v) is 7.65. The maximum absolute atomic E-state index is 5.31. The van der Waals surface area contributed by atoms with E-state index in [1.54, 1.807) is 28.9 Å². The zero-order valence-electron chi connectivity index (χ0n) is 18.9. The average Bonchev–Trinajstić information content (AvgIpc) is 3.46. The van der Waals surface area contributed by atoms with Crippen molar-refractivity contribution in [3.8, 4) is 17.1 Å². The molecule has 0 amide bonds. The molecule has 0 unspecified atom stereocenters. The van der Waals surface area contributed by atoms with Crippen molar-refractivity contribution in [3.05, 3.63) is 42.4 Å². The summed E-state index contributed by atoms with van der Waals surface area (Å²) in [5, 5.41) is 15.1. The molecule has 0 radical (unpaired) electrons. The number of aromatic amines is 1. The second kappa shape index (κ2) is 7.89. The van der Waals surface area contributed by atoms with Gasteiger partial charge in [0, 0.05) is 38.2 Å². The first kappa shape index (κ1) is 20.4. The molecule has 0 aromatic carbocycles. The second-order valence-electron chi connectivity index (χ2n) is 7.65. The minimum Gasteiger partial charge on any atom is -0.478 e. The van der Waals surface area contributed by atoms with Gasteiger partial charge in [0.15, 0.2) is 5.82 Å². The van der Waals surface area contributed by atoms with Crippen molar-refractivity contribution in [3.63, 3.8) is 0 Å². The molecule has 5 heterocycles. The molecule has 12 nitrogen and oxygen atoms in total. The molecule has 0 saturated heterocycles. The van der Waals surface area contributed by atoms with Crippen LogP contribution in [-0.4, -0.2) is 51.6 Å². The van der Waals surface area contributed by atoms with Crippen LogP contribution in [-0.2, 0) is 14.1 Å². The Hall–Kier alpha value is -4.48. The summed E-state index contributed by atoms with van der Waals surface area (Å²) in [5.74, 6) is 1.55. The first-order valence-corrected chi connectivity index (χ1v) is 10.2. The van der Waals surface area contributed by atoms with Gasteiger partial charge in [0.05, 0.1) is 30.4 Å². The normalized spacial score (nSPS) is 11.2. The van der Waals surface area contributed by atoms with Crippen LogP contribution in [0.3, 0.4) is 0 Å². The highest BCUT2D eigenvalue weighted by Gasteiger charge is 2.17. The molecule has 0 spiro atoms. The van der Waals surface area contributed by atoms with Crippen LogP contribution in [0, 0.1) is 13.8 Å². The van der Waals surface area contributed by atoms with E-state index < -0.39 is 0 Å². The standard InChI is InChI=1S/C21H23N11O/c1-11-6-23-21(27-15-9-32(4)30-20(15)33-5)28-16(11)13-7-22-18-17(13)24-10-25-19(18)26-14-8-31(3)29-12(14)2/h6-10,22H,1-5H3,(H,23,27,28)(H,24,25,26). The van der Waals surface area contributed by atoms with Gasteiger partial charge in [-0.15, -0.1) is 5.10 Å². The molecule has 0 aliphatic rings. The SMILES string of the molecule is COc1nn(C)cc1Nc1ncc(C)c(-c2c[nH]c3c(Nc4cn(C)nc4C)ncnc23)n1. The highest BCUT2D eigenvalue weighted by atomic mass is 16.5. The Balaban J connectivity index is 1.53. The van der Waals surface area contributed by atoms with Crippen LogP contribution in [0.1, 0.15) is 11.3 Å². The van der Waals surface area contributed by atoms with Crippen LogP contribution >= 0.6 is 0 Å². The summed E-state index contributed by atoms with van der Waals surface area (Å²) >= 11 is 0. The lowest BCUT2D eigenvalue weighted by Gasteiger charge is -2.08. The Bertz CT molecular complexity index is 1460. The van der Waals surface area contributed by atoms with Gasteiger partial charge in [-0.3, -0.25) is 9.36 Å². The molecule has 0 atom stereocenters. The van der Waals surface area contributed by atoms with Crippen molar-refractivity contribution in [2.24, 2.45) is 14.1 Å². The number of methoxy groups -OCH3 is 1. The van der Waals surface area contributed by atoms with Crippen LogP contribution in [0.2, 0.25) is 0 Å². The van der Waals surface area contributed by atoms with Gasteiger partial charge in [-0.1, -0.05) is 0 Å². The third-order valence-electron chi connectivity index (χ3n) is 5.19. The zero-order chi connectivity index (χ0) is 23.1. The predicted molar refractivity (Wildman–Crippen MR) is 124 cm³/mol. The van der Waals surface area contributed by atoms with E-state index in [1.165, 1.54) is 6.33 Å². The minimum absolute atomic E-state index is 0.426. The fourth-order valence-corrected chi connectivity index (χ4v) is 3.66. The van der Waals surface area contributed by atoms with Crippen molar-refractivity contribution in [1.82, 2.24) is 44.5 Å². The zero-order valence-corrected chi connectivity index (χ0v) is 18.9. The molecule has 168 valence electrons. The van der Waals surface area contributed by atoms with Gasteiger partial charge in [-0.05, 0) is 19.4 Å². The Labute approximate surface area is 189 Å².